The molecule has 0 bridgehead atoms. The van der Waals surface area contributed by atoms with Crippen molar-refractivity contribution in [3.8, 4) is 0 Å². The number of rotatable bonds is 1. The van der Waals surface area contributed by atoms with Gasteiger partial charge < -0.3 is 14.2 Å². The lowest BCUT2D eigenvalue weighted by molar-refractivity contribution is 0.00734. The lowest BCUT2D eigenvalue weighted by atomic mass is 10.00. The Morgan fingerprint density at radius 3 is 2.57 bits per heavy atom. The van der Waals surface area contributed by atoms with Crippen LogP contribution in [0.25, 0.3) is 11.0 Å². The molecule has 0 saturated carbocycles. The highest BCUT2D eigenvalue weighted by Gasteiger charge is 2.36. The summed E-state index contributed by atoms with van der Waals surface area (Å²) in [6.45, 7) is 6.99. The lowest BCUT2D eigenvalue weighted by Gasteiger charge is -2.39. The van der Waals surface area contributed by atoms with Gasteiger partial charge >= 0.3 is 6.09 Å². The van der Waals surface area contributed by atoms with E-state index in [9.17, 15) is 4.79 Å². The van der Waals surface area contributed by atoms with Crippen molar-refractivity contribution in [2.75, 3.05) is 13.1 Å². The number of para-hydroxylation sites is 2. The molecule has 2 heterocycles. The van der Waals surface area contributed by atoms with Gasteiger partial charge in [0.1, 0.15) is 11.4 Å². The van der Waals surface area contributed by atoms with Gasteiger partial charge in [-0.25, -0.2) is 9.78 Å². The van der Waals surface area contributed by atoms with E-state index in [1.165, 1.54) is 0 Å². The molecule has 2 aromatic rings. The number of carbonyl (C=O) groups excluding carboxylic acids is 1. The van der Waals surface area contributed by atoms with Gasteiger partial charge in [-0.1, -0.05) is 12.1 Å². The van der Waals surface area contributed by atoms with Crippen molar-refractivity contribution in [3.05, 3.63) is 30.1 Å². The van der Waals surface area contributed by atoms with Crippen molar-refractivity contribution in [1.82, 2.24) is 14.5 Å². The van der Waals surface area contributed by atoms with E-state index in [4.69, 9.17) is 4.74 Å². The van der Waals surface area contributed by atoms with Crippen LogP contribution in [0.4, 0.5) is 4.79 Å². The molecular formula is C16H21N3O2. The quantitative estimate of drug-likeness (QED) is 0.810. The van der Waals surface area contributed by atoms with Gasteiger partial charge in [0, 0.05) is 20.1 Å². The zero-order valence-electron chi connectivity index (χ0n) is 13.0. The Balaban J connectivity index is 1.70. The van der Waals surface area contributed by atoms with Crippen molar-refractivity contribution in [3.63, 3.8) is 0 Å². The SMILES string of the molecule is Cn1c(C2CN(C(=O)OC(C)(C)C)C2)nc2ccccc21. The third-order valence-corrected chi connectivity index (χ3v) is 3.72. The number of imidazole rings is 1. The summed E-state index contributed by atoms with van der Waals surface area (Å²) >= 11 is 0. The van der Waals surface area contributed by atoms with Crippen LogP contribution in [0.2, 0.25) is 0 Å². The third-order valence-electron chi connectivity index (χ3n) is 3.72. The van der Waals surface area contributed by atoms with Crippen LogP contribution >= 0.6 is 0 Å². The highest BCUT2D eigenvalue weighted by molar-refractivity contribution is 5.76. The van der Waals surface area contributed by atoms with Crippen LogP contribution in [0.5, 0.6) is 0 Å². The maximum absolute atomic E-state index is 12.0. The monoisotopic (exact) mass is 287 g/mol. The minimum absolute atomic E-state index is 0.238. The summed E-state index contributed by atoms with van der Waals surface area (Å²) < 4.78 is 7.49. The molecule has 1 aliphatic rings. The number of aryl methyl sites for hydroxylation is 1. The smallest absolute Gasteiger partial charge is 0.410 e. The third kappa shape index (κ3) is 2.60. The molecule has 0 N–H and O–H groups in total. The minimum atomic E-state index is -0.444. The highest BCUT2D eigenvalue weighted by Crippen LogP contribution is 2.29. The van der Waals surface area contributed by atoms with E-state index in [0.717, 1.165) is 16.9 Å². The zero-order chi connectivity index (χ0) is 15.2. The van der Waals surface area contributed by atoms with Crippen molar-refractivity contribution in [2.45, 2.75) is 32.3 Å². The summed E-state index contributed by atoms with van der Waals surface area (Å²) in [4.78, 5) is 18.4. The van der Waals surface area contributed by atoms with Crippen LogP contribution in [0.3, 0.4) is 0 Å². The Hall–Kier alpha value is -2.04. The zero-order valence-corrected chi connectivity index (χ0v) is 13.0. The van der Waals surface area contributed by atoms with Crippen molar-refractivity contribution >= 4 is 17.1 Å². The summed E-state index contributed by atoms with van der Waals surface area (Å²) in [5.41, 5.74) is 1.69. The van der Waals surface area contributed by atoms with E-state index in [-0.39, 0.29) is 12.0 Å². The Labute approximate surface area is 124 Å². The van der Waals surface area contributed by atoms with Gasteiger partial charge in [0.15, 0.2) is 0 Å². The molecule has 5 nitrogen and oxygen atoms in total. The molecule has 0 atom stereocenters. The maximum atomic E-state index is 12.0. The van der Waals surface area contributed by atoms with Gasteiger partial charge in [0.05, 0.1) is 17.0 Å². The van der Waals surface area contributed by atoms with E-state index in [1.807, 2.05) is 46.0 Å². The van der Waals surface area contributed by atoms with Gasteiger partial charge in [-0.05, 0) is 32.9 Å². The molecule has 1 aromatic heterocycles. The Kier molecular flexibility index (Phi) is 3.15. The first-order valence-electron chi connectivity index (χ1n) is 7.24. The Bertz CT molecular complexity index is 678. The van der Waals surface area contributed by atoms with Crippen LogP contribution in [0.1, 0.15) is 32.5 Å². The molecule has 0 aliphatic carbocycles. The standard InChI is InChI=1S/C16H21N3O2/c1-16(2,3)21-15(20)19-9-11(10-19)14-17-12-7-5-6-8-13(12)18(14)4/h5-8,11H,9-10H2,1-4H3. The predicted molar refractivity (Wildman–Crippen MR) is 81.3 cm³/mol. The van der Waals surface area contributed by atoms with Gasteiger partial charge in [-0.2, -0.15) is 0 Å². The second-order valence-corrected chi connectivity index (χ2v) is 6.60. The number of carbonyl (C=O) groups is 1. The summed E-state index contributed by atoms with van der Waals surface area (Å²) in [5.74, 6) is 1.32. The number of likely N-dealkylation sites (tertiary alicyclic amines) is 1. The van der Waals surface area contributed by atoms with Gasteiger partial charge in [0.2, 0.25) is 0 Å². The lowest BCUT2D eigenvalue weighted by Crippen LogP contribution is -2.50. The number of hydrogen-bond acceptors (Lipinski definition) is 3. The molecule has 0 spiro atoms. The molecule has 0 radical (unpaired) electrons. The van der Waals surface area contributed by atoms with E-state index >= 15 is 0 Å². The fourth-order valence-corrected chi connectivity index (χ4v) is 2.65. The van der Waals surface area contributed by atoms with Crippen molar-refractivity contribution in [1.29, 1.82) is 0 Å². The molecule has 112 valence electrons. The van der Waals surface area contributed by atoms with Crippen LogP contribution in [-0.4, -0.2) is 39.2 Å². The molecule has 5 heteroatoms. The minimum Gasteiger partial charge on any atom is -0.444 e. The number of hydrogen-bond donors (Lipinski definition) is 0. The van der Waals surface area contributed by atoms with Crippen molar-refractivity contribution in [2.24, 2.45) is 7.05 Å². The summed E-state index contributed by atoms with van der Waals surface area (Å²) in [6.07, 6.45) is -0.238. The Morgan fingerprint density at radius 1 is 1.29 bits per heavy atom. The van der Waals surface area contributed by atoms with Crippen LogP contribution in [0, 0.1) is 0 Å². The van der Waals surface area contributed by atoms with E-state index in [2.05, 4.69) is 15.6 Å². The second-order valence-electron chi connectivity index (χ2n) is 6.60. The van der Waals surface area contributed by atoms with Crippen molar-refractivity contribution < 1.29 is 9.53 Å². The molecule has 1 aliphatic heterocycles. The number of aromatic nitrogens is 2. The normalized spacial score (nSPS) is 16.1. The molecule has 0 unspecified atom stereocenters. The Morgan fingerprint density at radius 2 is 1.95 bits per heavy atom. The highest BCUT2D eigenvalue weighted by atomic mass is 16.6. The van der Waals surface area contributed by atoms with Crippen LogP contribution < -0.4 is 0 Å². The summed E-state index contributed by atoms with van der Waals surface area (Å²) in [6, 6.07) is 8.09. The largest absolute Gasteiger partial charge is 0.444 e. The molecule has 1 saturated heterocycles. The average molecular weight is 287 g/mol. The van der Waals surface area contributed by atoms with E-state index < -0.39 is 5.60 Å². The maximum Gasteiger partial charge on any atom is 0.410 e. The topological polar surface area (TPSA) is 47.4 Å². The number of fused-ring (bicyclic) bond motifs is 1. The van der Waals surface area contributed by atoms with Gasteiger partial charge in [-0.3, -0.25) is 0 Å². The van der Waals surface area contributed by atoms with E-state index in [0.29, 0.717) is 13.1 Å². The fourth-order valence-electron chi connectivity index (χ4n) is 2.65. The van der Waals surface area contributed by atoms with E-state index in [1.54, 1.807) is 4.90 Å². The first-order valence-corrected chi connectivity index (χ1v) is 7.24. The molecule has 1 aromatic carbocycles. The number of benzene rings is 1. The first kappa shape index (κ1) is 13.9. The molecular weight excluding hydrogens is 266 g/mol. The van der Waals surface area contributed by atoms with Gasteiger partial charge in [-0.15, -0.1) is 0 Å². The number of ether oxygens (including phenoxy) is 1. The molecule has 3 rings (SSSR count). The summed E-state index contributed by atoms with van der Waals surface area (Å²) in [7, 11) is 2.03. The number of amides is 1. The fraction of sp³-hybridized carbons (Fsp3) is 0.500. The predicted octanol–water partition coefficient (Wildman–Crippen LogP) is 2.91. The summed E-state index contributed by atoms with van der Waals surface area (Å²) in [5, 5.41) is 0. The first-order chi connectivity index (χ1) is 9.85. The molecule has 1 fully saturated rings. The second kappa shape index (κ2) is 4.76. The molecule has 21 heavy (non-hydrogen) atoms. The average Bonchev–Trinajstić information content (AvgIpc) is 2.64. The molecule has 1 amide bonds. The van der Waals surface area contributed by atoms with Gasteiger partial charge in [0.25, 0.3) is 0 Å². The number of nitrogens with zero attached hydrogens (tertiary/aromatic N) is 3. The van der Waals surface area contributed by atoms with Crippen LogP contribution in [-0.2, 0) is 11.8 Å². The van der Waals surface area contributed by atoms with Crippen LogP contribution in [0.15, 0.2) is 24.3 Å².